The molecule has 0 bridgehead atoms. The fourth-order valence-electron chi connectivity index (χ4n) is 2.52. The Morgan fingerprint density at radius 1 is 1.17 bits per heavy atom. The molecular formula is C18H20N2O4. The summed E-state index contributed by atoms with van der Waals surface area (Å²) in [6.45, 7) is 7.90. The van der Waals surface area contributed by atoms with Crippen LogP contribution in [0.3, 0.4) is 0 Å². The zero-order valence-corrected chi connectivity index (χ0v) is 14.4. The normalized spacial score (nSPS) is 11.7. The number of phenolic OH excluding ortho intramolecular Hbond substituents is 1. The van der Waals surface area contributed by atoms with Gasteiger partial charge in [0.1, 0.15) is 16.9 Å². The molecule has 0 aliphatic carbocycles. The molecule has 2 aromatic heterocycles. The average molecular weight is 328 g/mol. The summed E-state index contributed by atoms with van der Waals surface area (Å²) in [5.41, 5.74) is 1.81. The van der Waals surface area contributed by atoms with Crippen molar-refractivity contribution in [3.63, 3.8) is 0 Å². The third kappa shape index (κ3) is 2.87. The maximum atomic E-state index is 10.1. The number of aromatic hydroxyl groups is 1. The third-order valence-corrected chi connectivity index (χ3v) is 3.77. The Morgan fingerprint density at radius 3 is 2.58 bits per heavy atom. The van der Waals surface area contributed by atoms with Gasteiger partial charge in [-0.3, -0.25) is 0 Å². The van der Waals surface area contributed by atoms with E-state index in [1.807, 2.05) is 33.8 Å². The van der Waals surface area contributed by atoms with Gasteiger partial charge in [-0.1, -0.05) is 25.9 Å². The van der Waals surface area contributed by atoms with E-state index in [2.05, 4.69) is 10.1 Å². The van der Waals surface area contributed by atoms with Crippen LogP contribution in [0.4, 0.5) is 0 Å². The van der Waals surface area contributed by atoms with Gasteiger partial charge in [-0.05, 0) is 30.5 Å². The second-order valence-electron chi connectivity index (χ2n) is 6.64. The van der Waals surface area contributed by atoms with Crippen LogP contribution in [0.25, 0.3) is 11.0 Å². The van der Waals surface area contributed by atoms with Gasteiger partial charge in [0.25, 0.3) is 0 Å². The molecule has 0 saturated carbocycles. The van der Waals surface area contributed by atoms with Crippen molar-refractivity contribution in [3.05, 3.63) is 35.5 Å². The van der Waals surface area contributed by atoms with Crippen molar-refractivity contribution in [3.8, 4) is 23.3 Å². The molecule has 1 N–H and O–H groups in total. The van der Waals surface area contributed by atoms with E-state index >= 15 is 0 Å². The lowest BCUT2D eigenvalue weighted by molar-refractivity contribution is 0.382. The standard InChI is InChI=1S/C18H20N2O4/c1-10-16-14(24-20-10)9-15(22-5)19-17(16)23-11-6-7-13(21)12(8-11)18(2,3)4/h6-9,21H,1-5H3. The lowest BCUT2D eigenvalue weighted by Crippen LogP contribution is -2.11. The maximum Gasteiger partial charge on any atom is 0.235 e. The number of fused-ring (bicyclic) bond motifs is 1. The molecule has 0 fully saturated rings. The Balaban J connectivity index is 2.09. The second kappa shape index (κ2) is 5.70. The van der Waals surface area contributed by atoms with E-state index in [-0.39, 0.29) is 11.2 Å². The number of nitrogens with zero attached hydrogens (tertiary/aromatic N) is 2. The monoisotopic (exact) mass is 328 g/mol. The second-order valence-corrected chi connectivity index (χ2v) is 6.64. The van der Waals surface area contributed by atoms with Crippen LogP contribution in [0, 0.1) is 6.92 Å². The van der Waals surface area contributed by atoms with Gasteiger partial charge < -0.3 is 19.1 Å². The first-order valence-corrected chi connectivity index (χ1v) is 7.62. The van der Waals surface area contributed by atoms with Crippen LogP contribution in [-0.2, 0) is 5.41 Å². The maximum absolute atomic E-state index is 10.1. The third-order valence-electron chi connectivity index (χ3n) is 3.77. The summed E-state index contributed by atoms with van der Waals surface area (Å²) < 4.78 is 16.4. The molecule has 1 aromatic carbocycles. The summed E-state index contributed by atoms with van der Waals surface area (Å²) in [6.07, 6.45) is 0. The molecule has 0 spiro atoms. The lowest BCUT2D eigenvalue weighted by atomic mass is 9.86. The predicted octanol–water partition coefficient (Wildman–Crippen LogP) is 4.34. The van der Waals surface area contributed by atoms with E-state index < -0.39 is 0 Å². The molecule has 24 heavy (non-hydrogen) atoms. The molecule has 0 atom stereocenters. The average Bonchev–Trinajstić information content (AvgIpc) is 2.89. The highest BCUT2D eigenvalue weighted by Crippen LogP contribution is 2.37. The molecule has 6 nitrogen and oxygen atoms in total. The van der Waals surface area contributed by atoms with E-state index in [0.29, 0.717) is 34.2 Å². The first kappa shape index (κ1) is 16.1. The summed E-state index contributed by atoms with van der Waals surface area (Å²) in [5, 5.41) is 14.7. The Hall–Kier alpha value is -2.76. The first-order chi connectivity index (χ1) is 11.3. The number of pyridine rings is 1. The van der Waals surface area contributed by atoms with Crippen molar-refractivity contribution < 1.29 is 19.1 Å². The first-order valence-electron chi connectivity index (χ1n) is 7.62. The van der Waals surface area contributed by atoms with Gasteiger partial charge in [0.05, 0.1) is 12.8 Å². The molecule has 0 saturated heterocycles. The van der Waals surface area contributed by atoms with Crippen LogP contribution < -0.4 is 9.47 Å². The van der Waals surface area contributed by atoms with Crippen molar-refractivity contribution in [1.29, 1.82) is 0 Å². The summed E-state index contributed by atoms with van der Waals surface area (Å²) in [7, 11) is 1.53. The van der Waals surface area contributed by atoms with Gasteiger partial charge in [-0.2, -0.15) is 4.98 Å². The highest BCUT2D eigenvalue weighted by atomic mass is 16.5. The van der Waals surface area contributed by atoms with Gasteiger partial charge >= 0.3 is 0 Å². The molecule has 6 heteroatoms. The van der Waals surface area contributed by atoms with E-state index in [1.165, 1.54) is 7.11 Å². The van der Waals surface area contributed by atoms with Crippen molar-refractivity contribution >= 4 is 11.0 Å². The van der Waals surface area contributed by atoms with Crippen LogP contribution in [0.15, 0.2) is 28.8 Å². The van der Waals surface area contributed by atoms with Crippen LogP contribution >= 0.6 is 0 Å². The molecule has 0 amide bonds. The highest BCUT2D eigenvalue weighted by molar-refractivity contribution is 5.85. The SMILES string of the molecule is COc1cc2onc(C)c2c(Oc2ccc(O)c(C(C)(C)C)c2)n1. The van der Waals surface area contributed by atoms with E-state index in [9.17, 15) is 5.11 Å². The van der Waals surface area contributed by atoms with E-state index in [0.717, 1.165) is 5.56 Å². The molecule has 0 aliphatic rings. The summed E-state index contributed by atoms with van der Waals surface area (Å²) in [4.78, 5) is 4.36. The highest BCUT2D eigenvalue weighted by Gasteiger charge is 2.20. The molecular weight excluding hydrogens is 308 g/mol. The Bertz CT molecular complexity index is 894. The number of hydrogen-bond acceptors (Lipinski definition) is 6. The number of ether oxygens (including phenoxy) is 2. The number of methoxy groups -OCH3 is 1. The molecule has 0 aliphatic heterocycles. The predicted molar refractivity (Wildman–Crippen MR) is 90.0 cm³/mol. The van der Waals surface area contributed by atoms with Crippen molar-refractivity contribution in [2.75, 3.05) is 7.11 Å². The smallest absolute Gasteiger partial charge is 0.235 e. The minimum atomic E-state index is -0.215. The van der Waals surface area contributed by atoms with Crippen molar-refractivity contribution in [2.45, 2.75) is 33.1 Å². The number of phenols is 1. The largest absolute Gasteiger partial charge is 0.508 e. The fourth-order valence-corrected chi connectivity index (χ4v) is 2.52. The number of rotatable bonds is 3. The van der Waals surface area contributed by atoms with Gasteiger partial charge in [-0.15, -0.1) is 0 Å². The minimum Gasteiger partial charge on any atom is -0.508 e. The molecule has 3 aromatic rings. The summed E-state index contributed by atoms with van der Waals surface area (Å²) in [6, 6.07) is 6.79. The summed E-state index contributed by atoms with van der Waals surface area (Å²) in [5.74, 6) is 1.54. The zero-order valence-electron chi connectivity index (χ0n) is 14.4. The lowest BCUT2D eigenvalue weighted by Gasteiger charge is -2.21. The van der Waals surface area contributed by atoms with Crippen LogP contribution in [0.5, 0.6) is 23.3 Å². The van der Waals surface area contributed by atoms with Crippen molar-refractivity contribution in [2.24, 2.45) is 0 Å². The molecule has 0 unspecified atom stereocenters. The number of aryl methyl sites for hydroxylation is 1. The van der Waals surface area contributed by atoms with Gasteiger partial charge in [0, 0.05) is 11.6 Å². The molecule has 3 rings (SSSR count). The van der Waals surface area contributed by atoms with E-state index in [4.69, 9.17) is 14.0 Å². The van der Waals surface area contributed by atoms with E-state index in [1.54, 1.807) is 18.2 Å². The fraction of sp³-hybridized carbons (Fsp3) is 0.333. The van der Waals surface area contributed by atoms with Crippen LogP contribution in [0.2, 0.25) is 0 Å². The van der Waals surface area contributed by atoms with Crippen LogP contribution in [-0.4, -0.2) is 22.4 Å². The van der Waals surface area contributed by atoms with Gasteiger partial charge in [-0.25, -0.2) is 0 Å². The minimum absolute atomic E-state index is 0.215. The van der Waals surface area contributed by atoms with Gasteiger partial charge in [0.2, 0.25) is 11.8 Å². The number of aromatic nitrogens is 2. The molecule has 126 valence electrons. The quantitative estimate of drug-likeness (QED) is 0.771. The molecule has 0 radical (unpaired) electrons. The summed E-state index contributed by atoms with van der Waals surface area (Å²) >= 11 is 0. The zero-order chi connectivity index (χ0) is 17.5. The molecule has 2 heterocycles. The van der Waals surface area contributed by atoms with Crippen LogP contribution in [0.1, 0.15) is 32.0 Å². The van der Waals surface area contributed by atoms with Gasteiger partial charge in [0.15, 0.2) is 5.58 Å². The Labute approximate surface area is 140 Å². The topological polar surface area (TPSA) is 77.6 Å². The number of hydrogen-bond donors (Lipinski definition) is 1. The number of benzene rings is 1. The Kier molecular flexibility index (Phi) is 3.83. The Morgan fingerprint density at radius 2 is 1.92 bits per heavy atom. The van der Waals surface area contributed by atoms with Crippen molar-refractivity contribution in [1.82, 2.24) is 10.1 Å².